The van der Waals surface area contributed by atoms with E-state index in [1.54, 1.807) is 6.20 Å². The number of pyridine rings is 1. The number of aryl methyl sites for hydroxylation is 2. The van der Waals surface area contributed by atoms with Crippen molar-refractivity contribution in [2.45, 2.75) is 20.4 Å². The molecule has 22 heavy (non-hydrogen) atoms. The summed E-state index contributed by atoms with van der Waals surface area (Å²) in [4.78, 5) is 20.8. The lowest BCUT2D eigenvalue weighted by Crippen LogP contribution is -2.48. The second-order valence-corrected chi connectivity index (χ2v) is 5.69. The number of rotatable bonds is 3. The molecule has 1 aliphatic rings. The summed E-state index contributed by atoms with van der Waals surface area (Å²) in [5, 5.41) is 3.90. The van der Waals surface area contributed by atoms with Crippen LogP contribution in [-0.2, 0) is 6.54 Å². The molecule has 6 nitrogen and oxygen atoms in total. The monoisotopic (exact) mass is 300 g/mol. The van der Waals surface area contributed by atoms with Crippen molar-refractivity contribution < 1.29 is 9.32 Å². The first-order valence-electron chi connectivity index (χ1n) is 7.48. The third-order valence-electron chi connectivity index (χ3n) is 3.87. The summed E-state index contributed by atoms with van der Waals surface area (Å²) in [7, 11) is 0. The van der Waals surface area contributed by atoms with E-state index in [2.05, 4.69) is 15.0 Å². The minimum Gasteiger partial charge on any atom is -0.360 e. The number of nitrogens with zero attached hydrogens (tertiary/aromatic N) is 4. The summed E-state index contributed by atoms with van der Waals surface area (Å²) in [6, 6.07) is 5.67. The molecule has 0 unspecified atom stereocenters. The first-order valence-corrected chi connectivity index (χ1v) is 7.48. The van der Waals surface area contributed by atoms with E-state index in [0.29, 0.717) is 5.56 Å². The lowest BCUT2D eigenvalue weighted by molar-refractivity contribution is 0.0617. The zero-order valence-electron chi connectivity index (χ0n) is 13.0. The molecule has 0 radical (unpaired) electrons. The Bertz CT molecular complexity index is 642. The van der Waals surface area contributed by atoms with Crippen molar-refractivity contribution in [2.24, 2.45) is 0 Å². The zero-order chi connectivity index (χ0) is 15.5. The third kappa shape index (κ3) is 3.33. The van der Waals surface area contributed by atoms with E-state index in [4.69, 9.17) is 4.52 Å². The van der Waals surface area contributed by atoms with Crippen molar-refractivity contribution in [3.63, 3.8) is 0 Å². The minimum atomic E-state index is 0.0580. The summed E-state index contributed by atoms with van der Waals surface area (Å²) in [5.41, 5.74) is 2.48. The maximum absolute atomic E-state index is 12.4. The van der Waals surface area contributed by atoms with Crippen LogP contribution in [0.25, 0.3) is 0 Å². The first kappa shape index (κ1) is 14.7. The molecule has 1 aliphatic heterocycles. The average molecular weight is 300 g/mol. The van der Waals surface area contributed by atoms with Gasteiger partial charge in [-0.15, -0.1) is 0 Å². The third-order valence-corrected chi connectivity index (χ3v) is 3.87. The summed E-state index contributed by atoms with van der Waals surface area (Å²) in [6.45, 7) is 7.70. The van der Waals surface area contributed by atoms with Crippen LogP contribution < -0.4 is 0 Å². The first-order chi connectivity index (χ1) is 10.6. The molecule has 2 aromatic heterocycles. The summed E-state index contributed by atoms with van der Waals surface area (Å²) < 4.78 is 5.24. The molecule has 3 heterocycles. The van der Waals surface area contributed by atoms with Crippen molar-refractivity contribution in [2.75, 3.05) is 26.2 Å². The Morgan fingerprint density at radius 2 is 1.95 bits per heavy atom. The molecule has 116 valence electrons. The molecule has 1 amide bonds. The van der Waals surface area contributed by atoms with Crippen molar-refractivity contribution in [1.29, 1.82) is 0 Å². The Kier molecular flexibility index (Phi) is 4.20. The van der Waals surface area contributed by atoms with Crippen LogP contribution in [0, 0.1) is 13.8 Å². The lowest BCUT2D eigenvalue weighted by atomic mass is 10.2. The van der Waals surface area contributed by atoms with Crippen LogP contribution in [0.5, 0.6) is 0 Å². The van der Waals surface area contributed by atoms with Gasteiger partial charge in [-0.3, -0.25) is 14.7 Å². The van der Waals surface area contributed by atoms with Gasteiger partial charge in [-0.05, 0) is 26.0 Å². The van der Waals surface area contributed by atoms with Gasteiger partial charge in [-0.2, -0.15) is 0 Å². The number of carbonyl (C=O) groups is 1. The molecule has 0 aromatic carbocycles. The predicted molar refractivity (Wildman–Crippen MR) is 81.4 cm³/mol. The van der Waals surface area contributed by atoms with Crippen molar-refractivity contribution in [3.8, 4) is 0 Å². The van der Waals surface area contributed by atoms with Crippen LogP contribution in [0.15, 0.2) is 28.9 Å². The van der Waals surface area contributed by atoms with E-state index in [9.17, 15) is 4.79 Å². The van der Waals surface area contributed by atoms with Gasteiger partial charge in [-0.1, -0.05) is 5.16 Å². The van der Waals surface area contributed by atoms with Gasteiger partial charge >= 0.3 is 0 Å². The normalized spacial score (nSPS) is 16.0. The van der Waals surface area contributed by atoms with Gasteiger partial charge in [0, 0.05) is 44.1 Å². The van der Waals surface area contributed by atoms with E-state index in [1.165, 1.54) is 0 Å². The van der Waals surface area contributed by atoms with Crippen LogP contribution >= 0.6 is 0 Å². The Hall–Kier alpha value is -2.21. The van der Waals surface area contributed by atoms with E-state index in [1.807, 2.05) is 36.9 Å². The van der Waals surface area contributed by atoms with Gasteiger partial charge in [-0.25, -0.2) is 0 Å². The Labute approximate surface area is 129 Å². The van der Waals surface area contributed by atoms with Crippen molar-refractivity contribution in [1.82, 2.24) is 19.9 Å². The van der Waals surface area contributed by atoms with E-state index in [-0.39, 0.29) is 5.91 Å². The maximum Gasteiger partial charge on any atom is 0.255 e. The molecular formula is C16H20N4O2. The molecule has 0 saturated carbocycles. The average Bonchev–Trinajstić information content (AvgIpc) is 2.93. The molecule has 1 fully saturated rings. The van der Waals surface area contributed by atoms with E-state index in [0.717, 1.165) is 49.9 Å². The molecule has 0 aliphatic carbocycles. The topological polar surface area (TPSA) is 62.5 Å². The highest BCUT2D eigenvalue weighted by atomic mass is 16.5. The van der Waals surface area contributed by atoms with Crippen molar-refractivity contribution in [3.05, 3.63) is 47.1 Å². The highest BCUT2D eigenvalue weighted by Gasteiger charge is 2.23. The van der Waals surface area contributed by atoms with Crippen LogP contribution in [0.4, 0.5) is 0 Å². The van der Waals surface area contributed by atoms with Gasteiger partial charge < -0.3 is 9.42 Å². The van der Waals surface area contributed by atoms with Crippen LogP contribution in [0.2, 0.25) is 0 Å². The van der Waals surface area contributed by atoms with Crippen molar-refractivity contribution >= 4 is 5.91 Å². The number of hydrogen-bond donors (Lipinski definition) is 0. The molecule has 1 saturated heterocycles. The van der Waals surface area contributed by atoms with Gasteiger partial charge in [0.2, 0.25) is 0 Å². The Balaban J connectivity index is 1.55. The summed E-state index contributed by atoms with van der Waals surface area (Å²) in [6.07, 6.45) is 1.65. The Morgan fingerprint density at radius 1 is 1.18 bits per heavy atom. The van der Waals surface area contributed by atoms with Crippen LogP contribution in [-0.4, -0.2) is 52.0 Å². The molecule has 6 heteroatoms. The highest BCUT2D eigenvalue weighted by molar-refractivity contribution is 5.94. The lowest BCUT2D eigenvalue weighted by Gasteiger charge is -2.34. The quantitative estimate of drug-likeness (QED) is 0.862. The van der Waals surface area contributed by atoms with E-state index >= 15 is 0 Å². The molecule has 0 spiro atoms. The van der Waals surface area contributed by atoms with Gasteiger partial charge in [0.05, 0.1) is 17.8 Å². The SMILES string of the molecule is Cc1ccc(C(=O)N2CCN(Cc3cc(C)no3)CC2)cn1. The molecular weight excluding hydrogens is 280 g/mol. The predicted octanol–water partition coefficient (Wildman–Crippen LogP) is 1.64. The number of aromatic nitrogens is 2. The smallest absolute Gasteiger partial charge is 0.255 e. The van der Waals surface area contributed by atoms with Gasteiger partial charge in [0.15, 0.2) is 5.76 Å². The largest absolute Gasteiger partial charge is 0.360 e. The summed E-state index contributed by atoms with van der Waals surface area (Å²) >= 11 is 0. The standard InChI is InChI=1S/C16H20N4O2/c1-12-3-4-14(10-17-12)16(21)20-7-5-19(6-8-20)11-15-9-13(2)18-22-15/h3-4,9-10H,5-8,11H2,1-2H3. The maximum atomic E-state index is 12.4. The molecule has 0 atom stereocenters. The second-order valence-electron chi connectivity index (χ2n) is 5.69. The fraction of sp³-hybridized carbons (Fsp3) is 0.438. The molecule has 3 rings (SSSR count). The molecule has 2 aromatic rings. The zero-order valence-corrected chi connectivity index (χ0v) is 13.0. The number of piperazine rings is 1. The number of amides is 1. The minimum absolute atomic E-state index is 0.0580. The fourth-order valence-corrected chi connectivity index (χ4v) is 2.60. The molecule has 0 bridgehead atoms. The fourth-order valence-electron chi connectivity index (χ4n) is 2.60. The highest BCUT2D eigenvalue weighted by Crippen LogP contribution is 2.12. The van der Waals surface area contributed by atoms with Gasteiger partial charge in [0.1, 0.15) is 0 Å². The second kappa shape index (κ2) is 6.27. The van der Waals surface area contributed by atoms with Crippen LogP contribution in [0.1, 0.15) is 27.5 Å². The molecule has 0 N–H and O–H groups in total. The van der Waals surface area contributed by atoms with Gasteiger partial charge in [0.25, 0.3) is 5.91 Å². The number of carbonyl (C=O) groups excluding carboxylic acids is 1. The van der Waals surface area contributed by atoms with Crippen LogP contribution in [0.3, 0.4) is 0 Å². The van der Waals surface area contributed by atoms with E-state index < -0.39 is 0 Å². The Morgan fingerprint density at radius 3 is 2.55 bits per heavy atom. The number of hydrogen-bond acceptors (Lipinski definition) is 5. The summed E-state index contributed by atoms with van der Waals surface area (Å²) in [5.74, 6) is 0.933.